The molecule has 2 rings (SSSR count). The summed E-state index contributed by atoms with van der Waals surface area (Å²) in [4.78, 5) is 14.9. The van der Waals surface area contributed by atoms with Crippen molar-refractivity contribution >= 4 is 16.1 Å². The molecule has 1 saturated heterocycles. The van der Waals surface area contributed by atoms with E-state index in [0.717, 1.165) is 5.56 Å². The maximum Gasteiger partial charge on any atom is 0.281 e. The molecule has 1 aliphatic heterocycles. The van der Waals surface area contributed by atoms with E-state index in [-0.39, 0.29) is 17.9 Å². The first kappa shape index (κ1) is 19.9. The van der Waals surface area contributed by atoms with Gasteiger partial charge in [-0.2, -0.15) is 17.0 Å². The van der Waals surface area contributed by atoms with E-state index in [9.17, 15) is 13.2 Å². The van der Waals surface area contributed by atoms with Crippen LogP contribution in [-0.2, 0) is 21.5 Å². The second-order valence-corrected chi connectivity index (χ2v) is 9.15. The van der Waals surface area contributed by atoms with Crippen LogP contribution in [0.4, 0.5) is 0 Å². The van der Waals surface area contributed by atoms with Crippen molar-refractivity contribution in [3.05, 3.63) is 35.9 Å². The van der Waals surface area contributed by atoms with Gasteiger partial charge in [0, 0.05) is 45.7 Å². The summed E-state index contributed by atoms with van der Waals surface area (Å²) in [6.45, 7) is 5.43. The van der Waals surface area contributed by atoms with E-state index in [4.69, 9.17) is 0 Å². The van der Waals surface area contributed by atoms with Crippen LogP contribution in [0.2, 0.25) is 0 Å². The smallest absolute Gasteiger partial charge is 0.281 e. The van der Waals surface area contributed by atoms with E-state index < -0.39 is 10.2 Å². The third kappa shape index (κ3) is 4.80. The summed E-state index contributed by atoms with van der Waals surface area (Å²) in [6, 6.07) is 10.1. The first-order valence-corrected chi connectivity index (χ1v) is 10.1. The molecule has 0 bridgehead atoms. The van der Waals surface area contributed by atoms with E-state index in [0.29, 0.717) is 32.5 Å². The summed E-state index contributed by atoms with van der Waals surface area (Å²) in [7, 11) is -0.323. The Bertz CT molecular complexity index is 666. The zero-order valence-corrected chi connectivity index (χ0v) is 16.4. The predicted molar refractivity (Wildman–Crippen MR) is 99.0 cm³/mol. The lowest BCUT2D eigenvalue weighted by molar-refractivity contribution is -0.139. The van der Waals surface area contributed by atoms with E-state index in [1.807, 2.05) is 49.1 Å². The fourth-order valence-corrected chi connectivity index (χ4v) is 4.23. The molecule has 1 heterocycles. The van der Waals surface area contributed by atoms with Gasteiger partial charge in [-0.15, -0.1) is 0 Å². The predicted octanol–water partition coefficient (Wildman–Crippen LogP) is 1.94. The topological polar surface area (TPSA) is 60.9 Å². The molecule has 1 fully saturated rings. The average Bonchev–Trinajstić information content (AvgIpc) is 2.59. The Hall–Kier alpha value is -1.44. The van der Waals surface area contributed by atoms with Gasteiger partial charge in [-0.05, 0) is 32.3 Å². The van der Waals surface area contributed by atoms with Crippen molar-refractivity contribution in [2.24, 2.45) is 5.92 Å². The number of amides is 1. The fourth-order valence-electron chi connectivity index (χ4n) is 3.09. The van der Waals surface area contributed by atoms with Gasteiger partial charge in [0.15, 0.2) is 0 Å². The minimum atomic E-state index is -3.39. The minimum Gasteiger partial charge on any atom is -0.336 e. The van der Waals surface area contributed by atoms with Gasteiger partial charge in [0.25, 0.3) is 10.2 Å². The highest BCUT2D eigenvalue weighted by molar-refractivity contribution is 7.86. The maximum atomic E-state index is 13.0. The third-order valence-corrected chi connectivity index (χ3v) is 6.63. The normalized spacial score (nSPS) is 17.2. The van der Waals surface area contributed by atoms with Crippen LogP contribution in [0.1, 0.15) is 32.3 Å². The summed E-state index contributed by atoms with van der Waals surface area (Å²) in [5, 5.41) is 0. The lowest BCUT2D eigenvalue weighted by Crippen LogP contribution is -2.48. The summed E-state index contributed by atoms with van der Waals surface area (Å²) in [5.41, 5.74) is 1.11. The fraction of sp³-hybridized carbons (Fsp3) is 0.611. The van der Waals surface area contributed by atoms with Crippen LogP contribution in [0.5, 0.6) is 0 Å². The molecule has 0 aliphatic carbocycles. The molecule has 6 nitrogen and oxygen atoms in total. The zero-order valence-electron chi connectivity index (χ0n) is 15.6. The number of nitrogens with zero attached hydrogens (tertiary/aromatic N) is 3. The lowest BCUT2D eigenvalue weighted by Gasteiger charge is -2.36. The van der Waals surface area contributed by atoms with Crippen molar-refractivity contribution in [1.82, 2.24) is 13.5 Å². The van der Waals surface area contributed by atoms with Gasteiger partial charge >= 0.3 is 0 Å². The molecule has 0 N–H and O–H groups in total. The number of rotatable bonds is 6. The van der Waals surface area contributed by atoms with Gasteiger partial charge in [-0.1, -0.05) is 30.3 Å². The van der Waals surface area contributed by atoms with Crippen molar-refractivity contribution in [3.8, 4) is 0 Å². The van der Waals surface area contributed by atoms with E-state index in [1.54, 1.807) is 0 Å². The lowest BCUT2D eigenvalue weighted by atomic mass is 9.95. The summed E-state index contributed by atoms with van der Waals surface area (Å²) < 4.78 is 27.1. The van der Waals surface area contributed by atoms with Gasteiger partial charge in [0.05, 0.1) is 0 Å². The minimum absolute atomic E-state index is 0.108. The average molecular weight is 368 g/mol. The Labute approximate surface area is 151 Å². The van der Waals surface area contributed by atoms with Gasteiger partial charge < -0.3 is 4.90 Å². The number of carbonyl (C=O) groups is 1. The molecule has 1 aromatic carbocycles. The Morgan fingerprint density at radius 2 is 1.72 bits per heavy atom. The molecule has 0 unspecified atom stereocenters. The molecule has 0 atom stereocenters. The second-order valence-electron chi connectivity index (χ2n) is 7.01. The molecular weight excluding hydrogens is 338 g/mol. The summed E-state index contributed by atoms with van der Waals surface area (Å²) in [5.74, 6) is 0.0143. The van der Waals surface area contributed by atoms with Crippen LogP contribution in [0, 0.1) is 5.92 Å². The van der Waals surface area contributed by atoms with Crippen LogP contribution < -0.4 is 0 Å². The molecule has 140 valence electrons. The molecule has 0 radical (unpaired) electrons. The van der Waals surface area contributed by atoms with Crippen LogP contribution in [0.25, 0.3) is 0 Å². The van der Waals surface area contributed by atoms with Gasteiger partial charge in [-0.25, -0.2) is 0 Å². The second kappa shape index (κ2) is 8.29. The highest BCUT2D eigenvalue weighted by Gasteiger charge is 2.34. The summed E-state index contributed by atoms with van der Waals surface area (Å²) >= 11 is 0. The highest BCUT2D eigenvalue weighted by atomic mass is 32.2. The van der Waals surface area contributed by atoms with Crippen LogP contribution in [-0.4, -0.2) is 61.1 Å². The standard InChI is InChI=1S/C18H29N3O3S/c1-15(2)21(14-16-8-6-5-7-9-16)18(22)17-10-12-20(13-11-17)25(23,24)19(3)4/h5-9,15,17H,10-14H2,1-4H3. The van der Waals surface area contributed by atoms with Crippen LogP contribution in [0.3, 0.4) is 0 Å². The van der Waals surface area contributed by atoms with Crippen LogP contribution >= 0.6 is 0 Å². The number of benzene rings is 1. The first-order valence-electron chi connectivity index (χ1n) is 8.75. The quantitative estimate of drug-likeness (QED) is 0.772. The number of piperidine rings is 1. The molecule has 1 aliphatic rings. The Balaban J connectivity index is 2.02. The maximum absolute atomic E-state index is 13.0. The Kier molecular flexibility index (Phi) is 6.59. The van der Waals surface area contributed by atoms with Gasteiger partial charge in [0.2, 0.25) is 5.91 Å². The zero-order chi connectivity index (χ0) is 18.6. The van der Waals surface area contributed by atoms with Crippen LogP contribution in [0.15, 0.2) is 30.3 Å². The molecule has 1 amide bonds. The molecule has 0 aromatic heterocycles. The first-order chi connectivity index (χ1) is 11.7. The Morgan fingerprint density at radius 1 is 1.16 bits per heavy atom. The monoisotopic (exact) mass is 367 g/mol. The molecule has 0 saturated carbocycles. The third-order valence-electron chi connectivity index (χ3n) is 4.69. The number of hydrogen-bond acceptors (Lipinski definition) is 3. The SMILES string of the molecule is CC(C)N(Cc1ccccc1)C(=O)C1CCN(S(=O)(=O)N(C)C)CC1. The Morgan fingerprint density at radius 3 is 2.20 bits per heavy atom. The van der Waals surface area contributed by atoms with E-state index in [2.05, 4.69) is 0 Å². The number of carbonyl (C=O) groups excluding carboxylic acids is 1. The van der Waals surface area contributed by atoms with Crippen molar-refractivity contribution in [3.63, 3.8) is 0 Å². The van der Waals surface area contributed by atoms with Crippen molar-refractivity contribution in [2.45, 2.75) is 39.3 Å². The van der Waals surface area contributed by atoms with Crippen molar-refractivity contribution in [2.75, 3.05) is 27.2 Å². The highest BCUT2D eigenvalue weighted by Crippen LogP contribution is 2.24. The molecular formula is C18H29N3O3S. The van der Waals surface area contributed by atoms with Crippen molar-refractivity contribution in [1.29, 1.82) is 0 Å². The summed E-state index contributed by atoms with van der Waals surface area (Å²) in [6.07, 6.45) is 1.15. The van der Waals surface area contributed by atoms with E-state index >= 15 is 0 Å². The van der Waals surface area contributed by atoms with Crippen molar-refractivity contribution < 1.29 is 13.2 Å². The van der Waals surface area contributed by atoms with E-state index in [1.165, 1.54) is 22.7 Å². The molecule has 0 spiro atoms. The largest absolute Gasteiger partial charge is 0.336 e. The van der Waals surface area contributed by atoms with Gasteiger partial charge in [-0.3, -0.25) is 4.79 Å². The number of hydrogen-bond donors (Lipinski definition) is 0. The molecule has 25 heavy (non-hydrogen) atoms. The molecule has 7 heteroatoms. The van der Waals surface area contributed by atoms with Gasteiger partial charge in [0.1, 0.15) is 0 Å². The molecule has 1 aromatic rings.